The number of rotatable bonds is 3. The van der Waals surface area contributed by atoms with Crippen LogP contribution in [0.1, 0.15) is 40.2 Å². The van der Waals surface area contributed by atoms with E-state index in [1.807, 2.05) is 53.5 Å². The van der Waals surface area contributed by atoms with Crippen LogP contribution in [0.5, 0.6) is 5.75 Å². The third-order valence-corrected chi connectivity index (χ3v) is 6.39. The summed E-state index contributed by atoms with van der Waals surface area (Å²) in [6, 6.07) is 16.3. The van der Waals surface area contributed by atoms with Gasteiger partial charge in [-0.1, -0.05) is 42.5 Å². The maximum Gasteiger partial charge on any atom is 0.401 e. The maximum absolute atomic E-state index is 13.6. The molecule has 2 aliphatic rings. The second-order valence-corrected chi connectivity index (χ2v) is 8.49. The van der Waals surface area contributed by atoms with Crippen LogP contribution in [-0.2, 0) is 11.3 Å². The van der Waals surface area contributed by atoms with Gasteiger partial charge in [0.05, 0.1) is 18.9 Å². The zero-order valence-corrected chi connectivity index (χ0v) is 18.7. The van der Waals surface area contributed by atoms with Crippen LogP contribution in [0, 0.1) is 6.92 Å². The first-order valence-corrected chi connectivity index (χ1v) is 10.9. The number of nitrogens with zero attached hydrogens (tertiary/aromatic N) is 3. The van der Waals surface area contributed by atoms with Crippen LogP contribution in [0.15, 0.2) is 65.6 Å². The zero-order chi connectivity index (χ0) is 24.0. The van der Waals surface area contributed by atoms with Crippen molar-refractivity contribution in [2.75, 3.05) is 25.3 Å². The van der Waals surface area contributed by atoms with Crippen LogP contribution >= 0.6 is 0 Å². The summed E-state index contributed by atoms with van der Waals surface area (Å²) in [4.78, 5) is 13.7. The van der Waals surface area contributed by atoms with Gasteiger partial charge in [-0.3, -0.25) is 14.5 Å². The van der Waals surface area contributed by atoms with Gasteiger partial charge in [0.25, 0.3) is 0 Å². The smallest absolute Gasteiger partial charge is 0.401 e. The first-order valence-electron chi connectivity index (χ1n) is 10.9. The maximum atomic E-state index is 13.6. The van der Waals surface area contributed by atoms with Gasteiger partial charge in [0.1, 0.15) is 18.4 Å². The molecule has 2 atom stereocenters. The molecule has 34 heavy (non-hydrogen) atoms. The van der Waals surface area contributed by atoms with Gasteiger partial charge < -0.3 is 9.47 Å². The minimum atomic E-state index is -4.45. The molecule has 1 aromatic heterocycles. The number of pyridine rings is 1. The van der Waals surface area contributed by atoms with Crippen LogP contribution in [0.3, 0.4) is 0 Å². The zero-order valence-electron chi connectivity index (χ0n) is 18.7. The van der Waals surface area contributed by atoms with E-state index in [0.717, 1.165) is 16.7 Å². The molecule has 0 aliphatic carbocycles. The molecule has 2 unspecified atom stereocenters. The molecule has 178 valence electrons. The van der Waals surface area contributed by atoms with E-state index in [9.17, 15) is 18.0 Å². The van der Waals surface area contributed by atoms with E-state index >= 15 is 0 Å². The van der Waals surface area contributed by atoms with Crippen molar-refractivity contribution in [3.05, 3.63) is 99.0 Å². The van der Waals surface area contributed by atoms with Crippen LogP contribution < -0.4 is 15.2 Å². The average Bonchev–Trinajstić information content (AvgIpc) is 2.97. The number of methoxy groups -OCH3 is 1. The molecular formula is C25H24F3N3O3. The fourth-order valence-corrected chi connectivity index (χ4v) is 4.91. The molecule has 2 aromatic carbocycles. The van der Waals surface area contributed by atoms with Crippen molar-refractivity contribution in [1.29, 1.82) is 0 Å². The molecule has 3 heterocycles. The minimum absolute atomic E-state index is 0.0827. The highest BCUT2D eigenvalue weighted by Crippen LogP contribution is 2.42. The highest BCUT2D eigenvalue weighted by atomic mass is 19.4. The van der Waals surface area contributed by atoms with E-state index in [-0.39, 0.29) is 12.1 Å². The van der Waals surface area contributed by atoms with Crippen molar-refractivity contribution >= 4 is 0 Å². The van der Waals surface area contributed by atoms with E-state index in [0.29, 0.717) is 23.6 Å². The molecule has 0 amide bonds. The summed E-state index contributed by atoms with van der Waals surface area (Å²) in [7, 11) is 1.36. The van der Waals surface area contributed by atoms with Crippen molar-refractivity contribution in [2.45, 2.75) is 32.0 Å². The molecule has 6 nitrogen and oxygen atoms in total. The Balaban J connectivity index is 1.75. The molecule has 2 aliphatic heterocycles. The Bertz CT molecular complexity index is 1230. The molecule has 0 fully saturated rings. The predicted octanol–water partition coefficient (Wildman–Crippen LogP) is 4.26. The second-order valence-electron chi connectivity index (χ2n) is 8.49. The Morgan fingerprint density at radius 3 is 2.50 bits per heavy atom. The summed E-state index contributed by atoms with van der Waals surface area (Å²) < 4.78 is 54.2. The minimum Gasteiger partial charge on any atom is -0.489 e. The number of halogens is 3. The molecule has 0 radical (unpaired) electrons. The van der Waals surface area contributed by atoms with Gasteiger partial charge in [-0.15, -0.1) is 0 Å². The van der Waals surface area contributed by atoms with Crippen molar-refractivity contribution in [2.24, 2.45) is 0 Å². The number of para-hydroxylation sites is 1. The highest BCUT2D eigenvalue weighted by Gasteiger charge is 2.43. The summed E-state index contributed by atoms with van der Waals surface area (Å²) in [5.74, 6) is 0.666. The number of alkyl halides is 3. The molecule has 5 rings (SSSR count). The Kier molecular flexibility index (Phi) is 5.61. The van der Waals surface area contributed by atoms with Gasteiger partial charge in [-0.2, -0.15) is 13.2 Å². The Labute approximate surface area is 194 Å². The van der Waals surface area contributed by atoms with Crippen molar-refractivity contribution in [3.63, 3.8) is 0 Å². The fourth-order valence-electron chi connectivity index (χ4n) is 4.91. The standard InChI is InChI=1S/C25H24F3N3O3/c1-16-20(32)11-12-30-22(16)24(33-2)29(14-25(26,27)28)15-31(30)23-18-8-4-3-7-17(18)13-34-21-10-6-5-9-19(21)23/h3-12,23-24H,13-15H2,1-2H3. The molecule has 0 spiro atoms. The average molecular weight is 471 g/mol. The normalized spacial score (nSPS) is 20.1. The van der Waals surface area contributed by atoms with E-state index < -0.39 is 25.0 Å². The molecule has 0 bridgehead atoms. The predicted molar refractivity (Wildman–Crippen MR) is 120 cm³/mol. The third-order valence-electron chi connectivity index (χ3n) is 6.39. The van der Waals surface area contributed by atoms with Crippen molar-refractivity contribution < 1.29 is 22.6 Å². The SMILES string of the molecule is COC1c2c(C)c(=O)ccn2N(C2c3ccccc3COc3ccccc32)CN1CC(F)(F)F. The molecule has 0 saturated carbocycles. The van der Waals surface area contributed by atoms with Crippen LogP contribution in [-0.4, -0.2) is 36.1 Å². The second kappa shape index (κ2) is 8.48. The summed E-state index contributed by atoms with van der Waals surface area (Å²) in [5, 5.41) is 1.84. The first-order chi connectivity index (χ1) is 16.3. The van der Waals surface area contributed by atoms with E-state index in [2.05, 4.69) is 0 Å². The van der Waals surface area contributed by atoms with E-state index in [4.69, 9.17) is 9.47 Å². The molecule has 3 aromatic rings. The molecule has 9 heteroatoms. The van der Waals surface area contributed by atoms with Gasteiger partial charge >= 0.3 is 6.18 Å². The van der Waals surface area contributed by atoms with Crippen molar-refractivity contribution in [1.82, 2.24) is 9.58 Å². The van der Waals surface area contributed by atoms with Crippen molar-refractivity contribution in [3.8, 4) is 5.75 Å². The fraction of sp³-hybridized carbons (Fsp3) is 0.320. The summed E-state index contributed by atoms with van der Waals surface area (Å²) >= 11 is 0. The van der Waals surface area contributed by atoms with Gasteiger partial charge in [-0.25, -0.2) is 4.90 Å². The third kappa shape index (κ3) is 3.84. The van der Waals surface area contributed by atoms with Gasteiger partial charge in [0, 0.05) is 30.5 Å². The van der Waals surface area contributed by atoms with Crippen LogP contribution in [0.25, 0.3) is 0 Å². The van der Waals surface area contributed by atoms with Gasteiger partial charge in [0.2, 0.25) is 0 Å². The van der Waals surface area contributed by atoms with Crippen LogP contribution in [0.2, 0.25) is 0 Å². The summed E-state index contributed by atoms with van der Waals surface area (Å²) in [6.45, 7) is 0.700. The number of ether oxygens (including phenoxy) is 2. The Morgan fingerprint density at radius 2 is 1.76 bits per heavy atom. The van der Waals surface area contributed by atoms with Gasteiger partial charge in [-0.05, 0) is 24.1 Å². The topological polar surface area (TPSA) is 46.9 Å². The van der Waals surface area contributed by atoms with Crippen LogP contribution in [0.4, 0.5) is 13.2 Å². The number of hydrogen-bond donors (Lipinski definition) is 0. The monoisotopic (exact) mass is 471 g/mol. The van der Waals surface area contributed by atoms with E-state index in [1.54, 1.807) is 17.8 Å². The number of fused-ring (bicyclic) bond motifs is 3. The lowest BCUT2D eigenvalue weighted by molar-refractivity contribution is -0.177. The lowest BCUT2D eigenvalue weighted by Gasteiger charge is -2.48. The molecule has 0 saturated heterocycles. The van der Waals surface area contributed by atoms with E-state index in [1.165, 1.54) is 18.1 Å². The lowest BCUT2D eigenvalue weighted by atomic mass is 9.94. The quantitative estimate of drug-likeness (QED) is 0.572. The summed E-state index contributed by atoms with van der Waals surface area (Å²) in [6.07, 6.45) is -3.87. The Hall–Kier alpha value is -3.30. The highest BCUT2D eigenvalue weighted by molar-refractivity contribution is 5.49. The lowest BCUT2D eigenvalue weighted by Crippen LogP contribution is -2.56. The molecular weight excluding hydrogens is 447 g/mol. The first kappa shape index (κ1) is 22.5. The number of aromatic nitrogens is 1. The molecule has 0 N–H and O–H groups in total. The number of hydrogen-bond acceptors (Lipinski definition) is 5. The Morgan fingerprint density at radius 1 is 1.06 bits per heavy atom. The van der Waals surface area contributed by atoms with Gasteiger partial charge in [0.15, 0.2) is 11.7 Å². The summed E-state index contributed by atoms with van der Waals surface area (Å²) in [5.41, 5.74) is 3.17. The number of benzene rings is 2. The largest absolute Gasteiger partial charge is 0.489 e.